The SMILES string of the molecule is COC(=O)c1ccsc1N1CC[C@@H](Nc2cn(CC(C)C)nc2C(F)F)C1=O. The first-order valence-corrected chi connectivity index (χ1v) is 9.79. The molecule has 10 heteroatoms. The molecule has 0 radical (unpaired) electrons. The lowest BCUT2D eigenvalue weighted by molar-refractivity contribution is -0.117. The van der Waals surface area contributed by atoms with Crippen molar-refractivity contribution < 1.29 is 23.1 Å². The number of rotatable bonds is 7. The maximum absolute atomic E-state index is 13.4. The van der Waals surface area contributed by atoms with E-state index < -0.39 is 18.4 Å². The van der Waals surface area contributed by atoms with Crippen molar-refractivity contribution in [2.45, 2.75) is 39.3 Å². The van der Waals surface area contributed by atoms with Crippen molar-refractivity contribution in [3.05, 3.63) is 28.9 Å². The average Bonchev–Trinajstić information content (AvgIpc) is 3.34. The summed E-state index contributed by atoms with van der Waals surface area (Å²) in [4.78, 5) is 26.2. The lowest BCUT2D eigenvalue weighted by atomic mass is 10.2. The Morgan fingerprint density at radius 2 is 2.21 bits per heavy atom. The highest BCUT2D eigenvalue weighted by Crippen LogP contribution is 2.33. The van der Waals surface area contributed by atoms with Crippen LogP contribution in [0.25, 0.3) is 0 Å². The van der Waals surface area contributed by atoms with Crippen LogP contribution in [0.15, 0.2) is 17.6 Å². The number of ether oxygens (including phenoxy) is 1. The van der Waals surface area contributed by atoms with Gasteiger partial charge in [-0.25, -0.2) is 13.6 Å². The summed E-state index contributed by atoms with van der Waals surface area (Å²) >= 11 is 1.26. The van der Waals surface area contributed by atoms with Gasteiger partial charge < -0.3 is 15.0 Å². The number of methoxy groups -OCH3 is 1. The zero-order chi connectivity index (χ0) is 20.4. The van der Waals surface area contributed by atoms with Gasteiger partial charge in [0.05, 0.1) is 18.4 Å². The number of hydrogen-bond acceptors (Lipinski definition) is 6. The minimum Gasteiger partial charge on any atom is -0.465 e. The Morgan fingerprint density at radius 3 is 2.86 bits per heavy atom. The van der Waals surface area contributed by atoms with Crippen molar-refractivity contribution >= 4 is 33.9 Å². The molecule has 2 aromatic heterocycles. The first-order valence-electron chi connectivity index (χ1n) is 8.91. The number of carbonyl (C=O) groups is 2. The molecule has 3 rings (SSSR count). The van der Waals surface area contributed by atoms with Gasteiger partial charge in [0.1, 0.15) is 11.0 Å². The summed E-state index contributed by atoms with van der Waals surface area (Å²) in [6.45, 7) is 4.82. The van der Waals surface area contributed by atoms with Crippen LogP contribution in [-0.2, 0) is 16.1 Å². The summed E-state index contributed by atoms with van der Waals surface area (Å²) in [6.07, 6.45) is -0.801. The van der Waals surface area contributed by atoms with Gasteiger partial charge in [-0.05, 0) is 23.8 Å². The minimum absolute atomic E-state index is 0.162. The normalized spacial score (nSPS) is 17.0. The zero-order valence-electron chi connectivity index (χ0n) is 15.8. The maximum atomic E-state index is 13.4. The van der Waals surface area contributed by atoms with Gasteiger partial charge in [-0.3, -0.25) is 9.48 Å². The predicted molar refractivity (Wildman–Crippen MR) is 102 cm³/mol. The van der Waals surface area contributed by atoms with Crippen molar-refractivity contribution in [3.63, 3.8) is 0 Å². The van der Waals surface area contributed by atoms with Gasteiger partial charge in [0.15, 0.2) is 5.69 Å². The summed E-state index contributed by atoms with van der Waals surface area (Å²) < 4.78 is 33.0. The van der Waals surface area contributed by atoms with Crippen molar-refractivity contribution in [2.75, 3.05) is 23.9 Å². The van der Waals surface area contributed by atoms with E-state index in [-0.39, 0.29) is 23.2 Å². The molecule has 0 spiro atoms. The number of hydrogen-bond donors (Lipinski definition) is 1. The van der Waals surface area contributed by atoms with Crippen LogP contribution in [0.1, 0.15) is 42.7 Å². The number of aromatic nitrogens is 2. The van der Waals surface area contributed by atoms with Crippen molar-refractivity contribution in [3.8, 4) is 0 Å². The number of halogens is 2. The van der Waals surface area contributed by atoms with Crippen LogP contribution in [0.4, 0.5) is 19.5 Å². The van der Waals surface area contributed by atoms with Crippen LogP contribution in [0.2, 0.25) is 0 Å². The Balaban J connectivity index is 1.79. The molecule has 1 saturated heterocycles. The number of carbonyl (C=O) groups excluding carboxylic acids is 2. The Hall–Kier alpha value is -2.49. The number of amides is 1. The van der Waals surface area contributed by atoms with Crippen LogP contribution in [0.3, 0.4) is 0 Å². The molecular weight excluding hydrogens is 390 g/mol. The molecule has 1 atom stereocenters. The molecule has 1 N–H and O–H groups in total. The molecule has 0 saturated carbocycles. The van der Waals surface area contributed by atoms with Gasteiger partial charge in [0.25, 0.3) is 6.43 Å². The number of nitrogens with zero attached hydrogens (tertiary/aromatic N) is 3. The summed E-state index contributed by atoms with van der Waals surface area (Å²) in [5, 5.41) is 9.09. The Bertz CT molecular complexity index is 865. The summed E-state index contributed by atoms with van der Waals surface area (Å²) in [7, 11) is 1.28. The molecule has 1 fully saturated rings. The Morgan fingerprint density at radius 1 is 1.46 bits per heavy atom. The maximum Gasteiger partial charge on any atom is 0.340 e. The second-order valence-corrected chi connectivity index (χ2v) is 7.85. The second-order valence-electron chi connectivity index (χ2n) is 6.95. The van der Waals surface area contributed by atoms with E-state index in [1.54, 1.807) is 11.4 Å². The number of alkyl halides is 2. The van der Waals surface area contributed by atoms with Crippen molar-refractivity contribution in [1.29, 1.82) is 0 Å². The first kappa shape index (κ1) is 20.2. The summed E-state index contributed by atoms with van der Waals surface area (Å²) in [6, 6.07) is 0.937. The molecule has 2 aromatic rings. The monoisotopic (exact) mass is 412 g/mol. The number of thiophene rings is 1. The average molecular weight is 412 g/mol. The van der Waals surface area contributed by atoms with Crippen molar-refractivity contribution in [1.82, 2.24) is 9.78 Å². The molecule has 0 aliphatic carbocycles. The summed E-state index contributed by atoms with van der Waals surface area (Å²) in [5.74, 6) is -0.544. The molecule has 1 amide bonds. The highest BCUT2D eigenvalue weighted by Gasteiger charge is 2.36. The third-order valence-electron chi connectivity index (χ3n) is 4.38. The molecule has 152 valence electrons. The fraction of sp³-hybridized carbons (Fsp3) is 0.500. The highest BCUT2D eigenvalue weighted by molar-refractivity contribution is 7.14. The molecule has 0 aromatic carbocycles. The standard InChI is InChI=1S/C18H22F2N4O3S/c1-10(2)8-23-9-13(14(22-23)15(19)20)21-12-4-6-24(16(12)25)17-11(5-7-28-17)18(26)27-3/h5,7,9-10,12,15,21H,4,6,8H2,1-3H3/t12-/m1/s1. The van der Waals surface area contributed by atoms with Crippen LogP contribution < -0.4 is 10.2 Å². The third-order valence-corrected chi connectivity index (χ3v) is 5.32. The minimum atomic E-state index is -2.74. The fourth-order valence-electron chi connectivity index (χ4n) is 3.16. The third kappa shape index (κ3) is 4.01. The Kier molecular flexibility index (Phi) is 5.97. The molecule has 3 heterocycles. The fourth-order valence-corrected chi connectivity index (χ4v) is 4.08. The molecule has 28 heavy (non-hydrogen) atoms. The van der Waals surface area contributed by atoms with Crippen LogP contribution >= 0.6 is 11.3 Å². The number of anilines is 2. The van der Waals surface area contributed by atoms with E-state index in [1.165, 1.54) is 34.2 Å². The molecule has 7 nitrogen and oxygen atoms in total. The molecule has 1 aliphatic heterocycles. The zero-order valence-corrected chi connectivity index (χ0v) is 16.6. The first-order chi connectivity index (χ1) is 13.3. The lowest BCUT2D eigenvalue weighted by Gasteiger charge is -2.17. The number of nitrogens with one attached hydrogen (secondary N) is 1. The second kappa shape index (κ2) is 8.26. The number of esters is 1. The topological polar surface area (TPSA) is 76.5 Å². The Labute approximate surface area is 165 Å². The quantitative estimate of drug-likeness (QED) is 0.704. The smallest absolute Gasteiger partial charge is 0.340 e. The van der Waals surface area contributed by atoms with Gasteiger partial charge in [-0.1, -0.05) is 13.8 Å². The molecule has 1 aliphatic rings. The van der Waals surface area contributed by atoms with Crippen LogP contribution in [0, 0.1) is 5.92 Å². The summed E-state index contributed by atoms with van der Waals surface area (Å²) in [5.41, 5.74) is 0.119. The van der Waals surface area contributed by atoms with E-state index >= 15 is 0 Å². The van der Waals surface area contributed by atoms with Crippen LogP contribution in [0.5, 0.6) is 0 Å². The van der Waals surface area contributed by atoms with E-state index in [0.29, 0.717) is 30.1 Å². The van der Waals surface area contributed by atoms with Gasteiger partial charge >= 0.3 is 5.97 Å². The highest BCUT2D eigenvalue weighted by atomic mass is 32.1. The molecule has 0 unspecified atom stereocenters. The van der Waals surface area contributed by atoms with Gasteiger partial charge in [-0.15, -0.1) is 11.3 Å². The van der Waals surface area contributed by atoms with E-state index in [4.69, 9.17) is 4.74 Å². The van der Waals surface area contributed by atoms with Crippen LogP contribution in [-0.4, -0.2) is 41.4 Å². The predicted octanol–water partition coefficient (Wildman–Crippen LogP) is 3.54. The van der Waals surface area contributed by atoms with E-state index in [9.17, 15) is 18.4 Å². The van der Waals surface area contributed by atoms with E-state index in [2.05, 4.69) is 10.4 Å². The van der Waals surface area contributed by atoms with Gasteiger partial charge in [-0.2, -0.15) is 5.10 Å². The van der Waals surface area contributed by atoms with E-state index in [1.807, 2.05) is 13.8 Å². The largest absolute Gasteiger partial charge is 0.465 e. The molecule has 0 bridgehead atoms. The molecular formula is C18H22F2N4O3S. The van der Waals surface area contributed by atoms with Gasteiger partial charge in [0.2, 0.25) is 5.91 Å². The van der Waals surface area contributed by atoms with Gasteiger partial charge in [0, 0.05) is 19.3 Å². The lowest BCUT2D eigenvalue weighted by Crippen LogP contribution is -2.33. The van der Waals surface area contributed by atoms with Crippen molar-refractivity contribution in [2.24, 2.45) is 5.92 Å². The van der Waals surface area contributed by atoms with E-state index in [0.717, 1.165) is 0 Å².